The number of carbonyl (C=O) groups is 2. The Hall–Kier alpha value is -1.62. The fourth-order valence-corrected chi connectivity index (χ4v) is 2.88. The molecule has 1 aromatic rings. The van der Waals surface area contributed by atoms with Crippen molar-refractivity contribution in [2.75, 3.05) is 13.1 Å². The topological polar surface area (TPSA) is 74.0 Å². The maximum absolute atomic E-state index is 12.4. The fourth-order valence-electron chi connectivity index (χ4n) is 2.88. The van der Waals surface area contributed by atoms with Gasteiger partial charge in [-0.05, 0) is 38.8 Å². The van der Waals surface area contributed by atoms with Crippen LogP contribution in [-0.4, -0.2) is 35.8 Å². The van der Waals surface area contributed by atoms with Crippen molar-refractivity contribution >= 4 is 11.7 Å². The van der Waals surface area contributed by atoms with Gasteiger partial charge in [0.1, 0.15) is 5.69 Å². The number of rotatable bonds is 5. The Morgan fingerprint density at radius 1 is 1.40 bits per heavy atom. The Bertz CT molecular complexity index is 513. The molecule has 1 aromatic heterocycles. The number of carbonyl (C=O) groups excluding carboxylic acids is 2. The van der Waals surface area contributed by atoms with E-state index in [1.54, 1.807) is 6.92 Å². The minimum absolute atomic E-state index is 0.0174. The number of nitrogens with one attached hydrogen (secondary N) is 3. The number of aromatic nitrogens is 1. The van der Waals surface area contributed by atoms with E-state index in [0.29, 0.717) is 11.3 Å². The molecule has 1 unspecified atom stereocenters. The van der Waals surface area contributed by atoms with Crippen LogP contribution in [0.15, 0.2) is 0 Å². The first-order chi connectivity index (χ1) is 9.54. The fraction of sp³-hybridized carbons (Fsp3) is 0.600. The number of H-pyrrole nitrogens is 1. The van der Waals surface area contributed by atoms with Gasteiger partial charge in [0.05, 0.1) is 0 Å². The standard InChI is InChI=1S/C15H23N3O2/c1-4-5-12-13(10(3)19)9(2)17-14(12)15(20)18-11-6-7-16-8-11/h11,16-17H,4-8H2,1-3H3,(H,18,20). The molecule has 20 heavy (non-hydrogen) atoms. The molecule has 0 aromatic carbocycles. The summed E-state index contributed by atoms with van der Waals surface area (Å²) in [4.78, 5) is 27.3. The highest BCUT2D eigenvalue weighted by Crippen LogP contribution is 2.21. The van der Waals surface area contributed by atoms with Crippen molar-refractivity contribution < 1.29 is 9.59 Å². The van der Waals surface area contributed by atoms with Gasteiger partial charge in [-0.25, -0.2) is 0 Å². The van der Waals surface area contributed by atoms with E-state index in [4.69, 9.17) is 0 Å². The molecule has 1 saturated heterocycles. The van der Waals surface area contributed by atoms with Crippen LogP contribution in [0.3, 0.4) is 0 Å². The molecule has 1 amide bonds. The molecule has 2 heterocycles. The second kappa shape index (κ2) is 6.22. The third-order valence-corrected chi connectivity index (χ3v) is 3.77. The molecule has 5 heteroatoms. The van der Waals surface area contributed by atoms with Gasteiger partial charge in [-0.15, -0.1) is 0 Å². The van der Waals surface area contributed by atoms with Crippen LogP contribution >= 0.6 is 0 Å². The summed E-state index contributed by atoms with van der Waals surface area (Å²) < 4.78 is 0. The van der Waals surface area contributed by atoms with Gasteiger partial charge in [0.2, 0.25) is 0 Å². The van der Waals surface area contributed by atoms with Crippen LogP contribution in [-0.2, 0) is 6.42 Å². The van der Waals surface area contributed by atoms with E-state index in [2.05, 4.69) is 22.5 Å². The van der Waals surface area contributed by atoms with Crippen molar-refractivity contribution in [2.24, 2.45) is 0 Å². The van der Waals surface area contributed by atoms with Crippen LogP contribution in [0.25, 0.3) is 0 Å². The number of aromatic amines is 1. The van der Waals surface area contributed by atoms with Crippen molar-refractivity contribution in [2.45, 2.75) is 46.1 Å². The Morgan fingerprint density at radius 2 is 2.15 bits per heavy atom. The van der Waals surface area contributed by atoms with Gasteiger partial charge in [-0.1, -0.05) is 13.3 Å². The van der Waals surface area contributed by atoms with E-state index in [-0.39, 0.29) is 17.7 Å². The monoisotopic (exact) mass is 277 g/mol. The van der Waals surface area contributed by atoms with Crippen molar-refractivity contribution in [3.05, 3.63) is 22.5 Å². The molecule has 1 aliphatic rings. The van der Waals surface area contributed by atoms with Crippen LogP contribution in [0.5, 0.6) is 0 Å². The summed E-state index contributed by atoms with van der Waals surface area (Å²) in [6.07, 6.45) is 2.60. The number of aryl methyl sites for hydroxylation is 1. The first kappa shape index (κ1) is 14.8. The lowest BCUT2D eigenvalue weighted by atomic mass is 10.0. The van der Waals surface area contributed by atoms with Gasteiger partial charge in [-0.3, -0.25) is 9.59 Å². The van der Waals surface area contributed by atoms with Crippen molar-refractivity contribution in [3.63, 3.8) is 0 Å². The molecule has 1 fully saturated rings. The van der Waals surface area contributed by atoms with Gasteiger partial charge in [0.25, 0.3) is 5.91 Å². The van der Waals surface area contributed by atoms with Crippen molar-refractivity contribution in [3.8, 4) is 0 Å². The van der Waals surface area contributed by atoms with Crippen LogP contribution in [0, 0.1) is 6.92 Å². The Balaban J connectivity index is 2.27. The quantitative estimate of drug-likeness (QED) is 0.715. The molecule has 1 aliphatic heterocycles. The number of hydrogen-bond acceptors (Lipinski definition) is 3. The maximum atomic E-state index is 12.4. The zero-order valence-electron chi connectivity index (χ0n) is 12.4. The molecule has 0 saturated carbocycles. The molecule has 1 atom stereocenters. The number of amides is 1. The van der Waals surface area contributed by atoms with E-state index < -0.39 is 0 Å². The predicted molar refractivity (Wildman–Crippen MR) is 78.3 cm³/mol. The summed E-state index contributed by atoms with van der Waals surface area (Å²) in [7, 11) is 0. The van der Waals surface area contributed by atoms with E-state index in [9.17, 15) is 9.59 Å². The molecule has 110 valence electrons. The van der Waals surface area contributed by atoms with E-state index >= 15 is 0 Å². The average molecular weight is 277 g/mol. The van der Waals surface area contributed by atoms with Crippen LogP contribution in [0.4, 0.5) is 0 Å². The van der Waals surface area contributed by atoms with Crippen molar-refractivity contribution in [1.29, 1.82) is 0 Å². The van der Waals surface area contributed by atoms with Gasteiger partial charge >= 0.3 is 0 Å². The van der Waals surface area contributed by atoms with Crippen LogP contribution < -0.4 is 10.6 Å². The molecular weight excluding hydrogens is 254 g/mol. The van der Waals surface area contributed by atoms with Gasteiger partial charge in [0.15, 0.2) is 5.78 Å². The highest BCUT2D eigenvalue weighted by Gasteiger charge is 2.24. The summed E-state index contributed by atoms with van der Waals surface area (Å²) in [5.41, 5.74) is 2.89. The van der Waals surface area contributed by atoms with Crippen LogP contribution in [0.2, 0.25) is 0 Å². The van der Waals surface area contributed by atoms with Crippen molar-refractivity contribution in [1.82, 2.24) is 15.6 Å². The van der Waals surface area contributed by atoms with E-state index in [1.165, 1.54) is 0 Å². The second-order valence-electron chi connectivity index (χ2n) is 5.45. The summed E-state index contributed by atoms with van der Waals surface area (Å²) in [5, 5.41) is 6.25. The molecule has 0 spiro atoms. The highest BCUT2D eigenvalue weighted by atomic mass is 16.2. The van der Waals surface area contributed by atoms with E-state index in [1.807, 2.05) is 6.92 Å². The lowest BCUT2D eigenvalue weighted by Gasteiger charge is -2.11. The lowest BCUT2D eigenvalue weighted by Crippen LogP contribution is -2.36. The summed E-state index contributed by atoms with van der Waals surface area (Å²) in [5.74, 6) is -0.0819. The Morgan fingerprint density at radius 3 is 2.70 bits per heavy atom. The first-order valence-electron chi connectivity index (χ1n) is 7.28. The number of Topliss-reactive ketones (excluding diaryl/α,β-unsaturated/α-hetero) is 1. The third-order valence-electron chi connectivity index (χ3n) is 3.77. The minimum Gasteiger partial charge on any atom is -0.354 e. The second-order valence-corrected chi connectivity index (χ2v) is 5.45. The average Bonchev–Trinajstić information content (AvgIpc) is 2.97. The molecule has 2 rings (SSSR count). The molecule has 0 aliphatic carbocycles. The molecule has 0 bridgehead atoms. The smallest absolute Gasteiger partial charge is 0.268 e. The SMILES string of the molecule is CCCc1c(C(=O)NC2CCNC2)[nH]c(C)c1C(C)=O. The highest BCUT2D eigenvalue weighted by molar-refractivity contribution is 6.02. The number of hydrogen-bond donors (Lipinski definition) is 3. The first-order valence-corrected chi connectivity index (χ1v) is 7.28. The Labute approximate surface area is 119 Å². The zero-order valence-corrected chi connectivity index (χ0v) is 12.4. The predicted octanol–water partition coefficient (Wildman–Crippen LogP) is 1.57. The number of ketones is 1. The van der Waals surface area contributed by atoms with Gasteiger partial charge < -0.3 is 15.6 Å². The lowest BCUT2D eigenvalue weighted by molar-refractivity contribution is 0.0934. The largest absolute Gasteiger partial charge is 0.354 e. The molecule has 5 nitrogen and oxygen atoms in total. The van der Waals surface area contributed by atoms with Gasteiger partial charge in [0, 0.05) is 23.8 Å². The van der Waals surface area contributed by atoms with E-state index in [0.717, 1.165) is 43.6 Å². The minimum atomic E-state index is -0.0993. The molecule has 3 N–H and O–H groups in total. The maximum Gasteiger partial charge on any atom is 0.268 e. The Kier molecular flexibility index (Phi) is 4.60. The van der Waals surface area contributed by atoms with Crippen LogP contribution in [0.1, 0.15) is 58.8 Å². The normalized spacial score (nSPS) is 18.2. The summed E-state index contributed by atoms with van der Waals surface area (Å²) >= 11 is 0. The zero-order chi connectivity index (χ0) is 14.7. The summed E-state index contributed by atoms with van der Waals surface area (Å²) in [6, 6.07) is 0.182. The van der Waals surface area contributed by atoms with Gasteiger partial charge in [-0.2, -0.15) is 0 Å². The molecular formula is C15H23N3O2. The third kappa shape index (κ3) is 2.93. The summed E-state index contributed by atoms with van der Waals surface area (Å²) in [6.45, 7) is 7.21. The molecule has 0 radical (unpaired) electrons.